The average molecular weight is 300 g/mol. The predicted octanol–water partition coefficient (Wildman–Crippen LogP) is 2.81. The smallest absolute Gasteiger partial charge is 0.122 e. The molecule has 2 rings (SSSR count). The summed E-state index contributed by atoms with van der Waals surface area (Å²) in [5.41, 5.74) is 0.500. The highest BCUT2D eigenvalue weighted by Gasteiger charge is 2.33. The predicted molar refractivity (Wildman–Crippen MR) is 74.2 cm³/mol. The summed E-state index contributed by atoms with van der Waals surface area (Å²) in [4.78, 5) is 6.80. The summed E-state index contributed by atoms with van der Waals surface area (Å²) in [6.45, 7) is 2.11. The molecule has 0 saturated heterocycles. The lowest BCUT2D eigenvalue weighted by atomic mass is 9.88. The van der Waals surface area contributed by atoms with Gasteiger partial charge in [-0.05, 0) is 25.3 Å². The summed E-state index contributed by atoms with van der Waals surface area (Å²) in [5, 5.41) is 1.13. The maximum Gasteiger partial charge on any atom is 0.122 e. The summed E-state index contributed by atoms with van der Waals surface area (Å²) in [6, 6.07) is 0. The van der Waals surface area contributed by atoms with Gasteiger partial charge in [0.05, 0.1) is 6.54 Å². The van der Waals surface area contributed by atoms with Crippen molar-refractivity contribution in [3.8, 4) is 0 Å². The summed E-state index contributed by atoms with van der Waals surface area (Å²) < 4.78 is 2.10. The molecule has 3 nitrogen and oxygen atoms in total. The van der Waals surface area contributed by atoms with Gasteiger partial charge in [0.15, 0.2) is 0 Å². The van der Waals surface area contributed by atoms with E-state index < -0.39 is 0 Å². The Morgan fingerprint density at radius 2 is 2.18 bits per heavy atom. The highest BCUT2D eigenvalue weighted by Crippen LogP contribution is 2.40. The number of nitrogens with zero attached hydrogens (tertiary/aromatic N) is 3. The van der Waals surface area contributed by atoms with Crippen molar-refractivity contribution in [1.29, 1.82) is 0 Å². The van der Waals surface area contributed by atoms with Gasteiger partial charge in [0.1, 0.15) is 5.82 Å². The van der Waals surface area contributed by atoms with Crippen molar-refractivity contribution in [2.24, 2.45) is 12.5 Å². The molecule has 4 heteroatoms. The van der Waals surface area contributed by atoms with Crippen LogP contribution in [-0.4, -0.2) is 33.4 Å². The number of aryl methyl sites for hydroxylation is 1. The van der Waals surface area contributed by atoms with Crippen LogP contribution in [0.2, 0.25) is 0 Å². The minimum absolute atomic E-state index is 0.500. The molecule has 1 saturated carbocycles. The minimum atomic E-state index is 0.500. The number of imidazole rings is 1. The summed E-state index contributed by atoms with van der Waals surface area (Å²) in [5.74, 6) is 1.15. The van der Waals surface area contributed by atoms with Gasteiger partial charge in [0.2, 0.25) is 0 Å². The van der Waals surface area contributed by atoms with Crippen LogP contribution < -0.4 is 0 Å². The lowest BCUT2D eigenvalue weighted by Crippen LogP contribution is -2.35. The maximum absolute atomic E-state index is 4.39. The van der Waals surface area contributed by atoms with E-state index >= 15 is 0 Å². The van der Waals surface area contributed by atoms with Gasteiger partial charge in [-0.2, -0.15) is 0 Å². The Kier molecular flexibility index (Phi) is 4.26. The fourth-order valence-electron chi connectivity index (χ4n) is 2.88. The third-order valence-electron chi connectivity index (χ3n) is 3.89. The molecule has 0 radical (unpaired) electrons. The number of hydrogen-bond acceptors (Lipinski definition) is 2. The van der Waals surface area contributed by atoms with Crippen molar-refractivity contribution >= 4 is 15.9 Å². The van der Waals surface area contributed by atoms with Crippen LogP contribution in [0.25, 0.3) is 0 Å². The molecule has 1 aromatic rings. The van der Waals surface area contributed by atoms with E-state index in [0.717, 1.165) is 17.7 Å². The van der Waals surface area contributed by atoms with E-state index in [-0.39, 0.29) is 0 Å². The number of aromatic nitrogens is 2. The average Bonchev–Trinajstić information content (AvgIpc) is 2.90. The molecule has 0 atom stereocenters. The molecule has 1 aliphatic rings. The standard InChI is InChI=1S/C13H22BrN3/c1-16(9-12-15-7-8-17(12)2)11-13(10-14)5-3-4-6-13/h7-8H,3-6,9-11H2,1-2H3. The van der Waals surface area contributed by atoms with Crippen molar-refractivity contribution in [3.63, 3.8) is 0 Å². The van der Waals surface area contributed by atoms with Gasteiger partial charge >= 0.3 is 0 Å². The lowest BCUT2D eigenvalue weighted by Gasteiger charge is -2.31. The number of hydrogen-bond donors (Lipinski definition) is 0. The second-order valence-electron chi connectivity index (χ2n) is 5.47. The normalized spacial score (nSPS) is 19.1. The molecule has 0 unspecified atom stereocenters. The van der Waals surface area contributed by atoms with Crippen LogP contribution in [0.15, 0.2) is 12.4 Å². The summed E-state index contributed by atoms with van der Waals surface area (Å²) >= 11 is 3.71. The van der Waals surface area contributed by atoms with Gasteiger partial charge in [-0.3, -0.25) is 4.90 Å². The van der Waals surface area contributed by atoms with Crippen LogP contribution in [0.4, 0.5) is 0 Å². The Morgan fingerprint density at radius 3 is 2.71 bits per heavy atom. The highest BCUT2D eigenvalue weighted by atomic mass is 79.9. The van der Waals surface area contributed by atoms with Crippen LogP contribution >= 0.6 is 15.9 Å². The lowest BCUT2D eigenvalue weighted by molar-refractivity contribution is 0.192. The van der Waals surface area contributed by atoms with Gasteiger partial charge < -0.3 is 4.57 Å². The molecular formula is C13H22BrN3. The molecule has 0 aromatic carbocycles. The molecule has 1 heterocycles. The topological polar surface area (TPSA) is 21.1 Å². The maximum atomic E-state index is 4.39. The van der Waals surface area contributed by atoms with Gasteiger partial charge in [-0.15, -0.1) is 0 Å². The van der Waals surface area contributed by atoms with Crippen molar-refractivity contribution in [3.05, 3.63) is 18.2 Å². The molecule has 0 amide bonds. The molecule has 0 aliphatic heterocycles. The molecule has 0 N–H and O–H groups in total. The van der Waals surface area contributed by atoms with Crippen molar-refractivity contribution in [2.45, 2.75) is 32.2 Å². The Hall–Kier alpha value is -0.350. The zero-order chi connectivity index (χ0) is 12.3. The van der Waals surface area contributed by atoms with Gasteiger partial charge in [-0.25, -0.2) is 4.98 Å². The van der Waals surface area contributed by atoms with Crippen LogP contribution in [0, 0.1) is 5.41 Å². The van der Waals surface area contributed by atoms with E-state index in [1.807, 2.05) is 12.4 Å². The Labute approximate surface area is 112 Å². The Morgan fingerprint density at radius 1 is 1.47 bits per heavy atom. The number of alkyl halides is 1. The van der Waals surface area contributed by atoms with E-state index in [9.17, 15) is 0 Å². The van der Waals surface area contributed by atoms with E-state index in [1.54, 1.807) is 0 Å². The highest BCUT2D eigenvalue weighted by molar-refractivity contribution is 9.09. The molecular weight excluding hydrogens is 278 g/mol. The van der Waals surface area contributed by atoms with E-state index in [1.165, 1.54) is 32.2 Å². The van der Waals surface area contributed by atoms with Crippen molar-refractivity contribution in [1.82, 2.24) is 14.5 Å². The van der Waals surface area contributed by atoms with Crippen LogP contribution in [-0.2, 0) is 13.6 Å². The minimum Gasteiger partial charge on any atom is -0.337 e. The van der Waals surface area contributed by atoms with E-state index in [2.05, 4.69) is 44.5 Å². The first-order valence-corrected chi connectivity index (χ1v) is 7.48. The van der Waals surface area contributed by atoms with E-state index in [4.69, 9.17) is 0 Å². The van der Waals surface area contributed by atoms with Gasteiger partial charge in [0, 0.05) is 31.3 Å². The molecule has 1 aliphatic carbocycles. The number of halogens is 1. The van der Waals surface area contributed by atoms with E-state index in [0.29, 0.717) is 5.41 Å². The molecule has 96 valence electrons. The monoisotopic (exact) mass is 299 g/mol. The molecule has 17 heavy (non-hydrogen) atoms. The van der Waals surface area contributed by atoms with Crippen LogP contribution in [0.3, 0.4) is 0 Å². The van der Waals surface area contributed by atoms with Crippen molar-refractivity contribution in [2.75, 3.05) is 18.9 Å². The van der Waals surface area contributed by atoms with Gasteiger partial charge in [0.25, 0.3) is 0 Å². The third kappa shape index (κ3) is 3.10. The molecule has 0 spiro atoms. The summed E-state index contributed by atoms with van der Waals surface area (Å²) in [6.07, 6.45) is 9.40. The largest absolute Gasteiger partial charge is 0.337 e. The fourth-order valence-corrected chi connectivity index (χ4v) is 3.62. The fraction of sp³-hybridized carbons (Fsp3) is 0.769. The third-order valence-corrected chi connectivity index (χ3v) is 5.07. The van der Waals surface area contributed by atoms with Crippen LogP contribution in [0.5, 0.6) is 0 Å². The number of rotatable bonds is 5. The second-order valence-corrected chi connectivity index (χ2v) is 6.03. The molecule has 0 bridgehead atoms. The van der Waals surface area contributed by atoms with Crippen LogP contribution in [0.1, 0.15) is 31.5 Å². The first-order valence-electron chi connectivity index (χ1n) is 6.36. The molecule has 1 fully saturated rings. The van der Waals surface area contributed by atoms with Crippen molar-refractivity contribution < 1.29 is 0 Å². The Bertz CT molecular complexity index is 355. The second kappa shape index (κ2) is 5.53. The first-order chi connectivity index (χ1) is 8.15. The molecule has 1 aromatic heterocycles. The zero-order valence-corrected chi connectivity index (χ0v) is 12.4. The summed E-state index contributed by atoms with van der Waals surface area (Å²) in [7, 11) is 4.27. The Balaban J connectivity index is 1.92. The van der Waals surface area contributed by atoms with Gasteiger partial charge in [-0.1, -0.05) is 28.8 Å². The zero-order valence-electron chi connectivity index (χ0n) is 10.8. The SMILES string of the molecule is CN(Cc1nccn1C)CC1(CBr)CCCC1. The quantitative estimate of drug-likeness (QED) is 0.780. The first kappa shape index (κ1) is 13.1.